The summed E-state index contributed by atoms with van der Waals surface area (Å²) in [7, 11) is -4.17. The normalized spacial score (nSPS) is 14.5. The van der Waals surface area contributed by atoms with Gasteiger partial charge >= 0.3 is 0 Å². The van der Waals surface area contributed by atoms with E-state index in [9.17, 15) is 18.0 Å². The summed E-state index contributed by atoms with van der Waals surface area (Å²) >= 11 is 12.3. The lowest BCUT2D eigenvalue weighted by atomic mass is 10.1. The molecule has 1 fully saturated rings. The number of nitrogens with zero attached hydrogens (tertiary/aromatic N) is 2. The third-order valence-electron chi connectivity index (χ3n) is 7.11. The summed E-state index contributed by atoms with van der Waals surface area (Å²) in [4.78, 5) is 28.8. The highest BCUT2D eigenvalue weighted by molar-refractivity contribution is 7.92. The molecule has 0 radical (unpaired) electrons. The number of rotatable bonds is 10. The zero-order chi connectivity index (χ0) is 28.9. The summed E-state index contributed by atoms with van der Waals surface area (Å²) in [5, 5.41) is 3.48. The molecule has 2 amide bonds. The Morgan fingerprint density at radius 1 is 0.950 bits per heavy atom. The zero-order valence-corrected chi connectivity index (χ0v) is 24.8. The Balaban J connectivity index is 1.69. The summed E-state index contributed by atoms with van der Waals surface area (Å²) in [6.07, 6.45) is 3.93. The Morgan fingerprint density at radius 2 is 1.65 bits per heavy atom. The van der Waals surface area contributed by atoms with Crippen LogP contribution in [0.5, 0.6) is 0 Å². The molecule has 7 nitrogen and oxygen atoms in total. The van der Waals surface area contributed by atoms with Crippen LogP contribution in [0.25, 0.3) is 0 Å². The van der Waals surface area contributed by atoms with Crippen LogP contribution in [0.3, 0.4) is 0 Å². The second kappa shape index (κ2) is 13.1. The molecule has 3 aromatic carbocycles. The fourth-order valence-corrected chi connectivity index (χ4v) is 6.59. The molecule has 0 spiro atoms. The molecule has 0 bridgehead atoms. The molecule has 0 aliphatic heterocycles. The smallest absolute Gasteiger partial charge is 0.264 e. The minimum Gasteiger partial charge on any atom is -0.352 e. The van der Waals surface area contributed by atoms with E-state index in [2.05, 4.69) is 5.32 Å². The van der Waals surface area contributed by atoms with Crippen LogP contribution in [0.4, 0.5) is 5.69 Å². The molecule has 1 aliphatic carbocycles. The first-order chi connectivity index (χ1) is 19.1. The highest BCUT2D eigenvalue weighted by Gasteiger charge is 2.33. The van der Waals surface area contributed by atoms with Crippen molar-refractivity contribution in [2.45, 2.75) is 63.1 Å². The van der Waals surface area contributed by atoms with Crippen LogP contribution < -0.4 is 9.62 Å². The minimum atomic E-state index is -4.17. The van der Waals surface area contributed by atoms with Gasteiger partial charge in [-0.05, 0) is 62.6 Å². The molecule has 0 saturated heterocycles. The lowest BCUT2D eigenvalue weighted by molar-refractivity contribution is -0.139. The van der Waals surface area contributed by atoms with E-state index in [4.69, 9.17) is 23.2 Å². The van der Waals surface area contributed by atoms with Crippen LogP contribution in [0.2, 0.25) is 10.0 Å². The molecule has 1 N–H and O–H groups in total. The van der Waals surface area contributed by atoms with Gasteiger partial charge in [-0.15, -0.1) is 0 Å². The Labute approximate surface area is 246 Å². The number of benzene rings is 3. The number of nitrogens with one attached hydrogen (secondary N) is 1. The largest absolute Gasteiger partial charge is 0.352 e. The number of hydrogen-bond donors (Lipinski definition) is 1. The predicted molar refractivity (Wildman–Crippen MR) is 159 cm³/mol. The van der Waals surface area contributed by atoms with Gasteiger partial charge in [0.2, 0.25) is 11.8 Å². The molecule has 4 rings (SSSR count). The van der Waals surface area contributed by atoms with Gasteiger partial charge in [-0.25, -0.2) is 8.42 Å². The number of hydrogen-bond acceptors (Lipinski definition) is 4. The maximum atomic E-state index is 14.0. The van der Waals surface area contributed by atoms with Crippen molar-refractivity contribution in [1.29, 1.82) is 0 Å². The van der Waals surface area contributed by atoms with E-state index >= 15 is 0 Å². The molecule has 0 aromatic heterocycles. The van der Waals surface area contributed by atoms with Crippen LogP contribution in [-0.4, -0.2) is 43.8 Å². The van der Waals surface area contributed by atoms with E-state index in [1.807, 2.05) is 31.2 Å². The van der Waals surface area contributed by atoms with Gasteiger partial charge < -0.3 is 10.2 Å². The van der Waals surface area contributed by atoms with Gasteiger partial charge in [0.25, 0.3) is 10.0 Å². The van der Waals surface area contributed by atoms with Gasteiger partial charge in [0.05, 0.1) is 20.6 Å². The molecule has 212 valence electrons. The zero-order valence-electron chi connectivity index (χ0n) is 22.5. The highest BCUT2D eigenvalue weighted by atomic mass is 35.5. The van der Waals surface area contributed by atoms with E-state index in [1.54, 1.807) is 25.1 Å². The lowest BCUT2D eigenvalue weighted by Gasteiger charge is -2.32. The van der Waals surface area contributed by atoms with Crippen LogP contribution in [0, 0.1) is 6.92 Å². The fourth-order valence-electron chi connectivity index (χ4n) is 4.87. The second-order valence-corrected chi connectivity index (χ2v) is 12.8. The molecule has 1 aliphatic rings. The van der Waals surface area contributed by atoms with E-state index in [1.165, 1.54) is 35.2 Å². The van der Waals surface area contributed by atoms with Crippen molar-refractivity contribution in [3.05, 3.63) is 94.0 Å². The first-order valence-electron chi connectivity index (χ1n) is 13.2. The van der Waals surface area contributed by atoms with Gasteiger partial charge in [0.1, 0.15) is 12.6 Å². The van der Waals surface area contributed by atoms with Crippen molar-refractivity contribution in [3.8, 4) is 0 Å². The van der Waals surface area contributed by atoms with Gasteiger partial charge in [-0.3, -0.25) is 13.9 Å². The van der Waals surface area contributed by atoms with E-state index < -0.39 is 28.5 Å². The van der Waals surface area contributed by atoms with Gasteiger partial charge in [-0.1, -0.05) is 84.1 Å². The SMILES string of the molecule is Cc1cccc(CN(C(=O)CN(c2ccc(Cl)c(Cl)c2)S(=O)(=O)c2ccccc2)C(C)C(=O)NC2CCCC2)c1. The maximum Gasteiger partial charge on any atom is 0.264 e. The van der Waals surface area contributed by atoms with Crippen molar-refractivity contribution in [1.82, 2.24) is 10.2 Å². The summed E-state index contributed by atoms with van der Waals surface area (Å²) in [5.74, 6) is -0.791. The number of halogens is 2. The number of anilines is 1. The topological polar surface area (TPSA) is 86.8 Å². The van der Waals surface area contributed by atoms with Crippen molar-refractivity contribution < 1.29 is 18.0 Å². The van der Waals surface area contributed by atoms with E-state index in [0.29, 0.717) is 0 Å². The third-order valence-corrected chi connectivity index (χ3v) is 9.63. The second-order valence-electron chi connectivity index (χ2n) is 10.1. The van der Waals surface area contributed by atoms with Crippen molar-refractivity contribution in [2.75, 3.05) is 10.8 Å². The van der Waals surface area contributed by atoms with Crippen LogP contribution in [0.15, 0.2) is 77.7 Å². The summed E-state index contributed by atoms with van der Waals surface area (Å²) in [6.45, 7) is 3.22. The molecular formula is C30H33Cl2N3O4S. The average Bonchev–Trinajstić information content (AvgIpc) is 3.45. The number of sulfonamides is 1. The summed E-state index contributed by atoms with van der Waals surface area (Å²) < 4.78 is 28.7. The van der Waals surface area contributed by atoms with Crippen molar-refractivity contribution in [2.24, 2.45) is 0 Å². The summed E-state index contributed by atoms with van der Waals surface area (Å²) in [5.41, 5.74) is 2.03. The molecule has 1 saturated carbocycles. The average molecular weight is 603 g/mol. The van der Waals surface area contributed by atoms with E-state index in [-0.39, 0.29) is 39.1 Å². The highest BCUT2D eigenvalue weighted by Crippen LogP contribution is 2.31. The van der Waals surface area contributed by atoms with Crippen molar-refractivity contribution >= 4 is 50.7 Å². The van der Waals surface area contributed by atoms with Gasteiger partial charge in [0.15, 0.2) is 0 Å². The minimum absolute atomic E-state index is 0.0196. The number of aryl methyl sites for hydroxylation is 1. The van der Waals surface area contributed by atoms with Crippen molar-refractivity contribution in [3.63, 3.8) is 0 Å². The van der Waals surface area contributed by atoms with Gasteiger partial charge in [-0.2, -0.15) is 0 Å². The number of carbonyl (C=O) groups excluding carboxylic acids is 2. The Hall–Kier alpha value is -3.07. The Bertz CT molecular complexity index is 1460. The standard InChI is InChI=1S/C30H33Cl2N3O4S/c1-21-9-8-10-23(17-21)19-34(22(2)30(37)33-24-11-6-7-12-24)29(36)20-35(25-15-16-27(31)28(32)18-25)40(38,39)26-13-4-3-5-14-26/h3-5,8-10,13-18,22,24H,6-7,11-12,19-20H2,1-2H3,(H,33,37). The molecule has 10 heteroatoms. The molecular weight excluding hydrogens is 569 g/mol. The molecule has 40 heavy (non-hydrogen) atoms. The first kappa shape index (κ1) is 29.9. The van der Waals surface area contributed by atoms with Crippen LogP contribution in [0.1, 0.15) is 43.7 Å². The van der Waals surface area contributed by atoms with Crippen LogP contribution in [-0.2, 0) is 26.2 Å². The monoisotopic (exact) mass is 601 g/mol. The lowest BCUT2D eigenvalue weighted by Crippen LogP contribution is -2.52. The third kappa shape index (κ3) is 7.16. The molecule has 1 unspecified atom stereocenters. The summed E-state index contributed by atoms with van der Waals surface area (Å²) in [6, 6.07) is 19.2. The Morgan fingerprint density at radius 3 is 2.30 bits per heavy atom. The maximum absolute atomic E-state index is 14.0. The number of carbonyl (C=O) groups is 2. The molecule has 0 heterocycles. The van der Waals surface area contributed by atoms with Crippen LogP contribution >= 0.6 is 23.2 Å². The fraction of sp³-hybridized carbons (Fsp3) is 0.333. The predicted octanol–water partition coefficient (Wildman–Crippen LogP) is 5.97. The molecule has 3 aromatic rings. The van der Waals surface area contributed by atoms with E-state index in [0.717, 1.165) is 41.1 Å². The number of amides is 2. The van der Waals surface area contributed by atoms with Gasteiger partial charge in [0, 0.05) is 12.6 Å². The molecule has 1 atom stereocenters. The first-order valence-corrected chi connectivity index (χ1v) is 15.4. The Kier molecular flexibility index (Phi) is 9.77. The quantitative estimate of drug-likeness (QED) is 0.310.